The van der Waals surface area contributed by atoms with Crippen LogP contribution in [0.2, 0.25) is 0 Å². The van der Waals surface area contributed by atoms with E-state index in [0.29, 0.717) is 0 Å². The normalized spacial score (nSPS) is 16.3. The number of hydrogen-bond acceptors (Lipinski definition) is 2. The average Bonchev–Trinajstić information content (AvgIpc) is 1.78. The van der Waals surface area contributed by atoms with Gasteiger partial charge in [0.25, 0.3) is 0 Å². The number of nitrogens with zero attached hydrogens (tertiary/aromatic N) is 1. The van der Waals surface area contributed by atoms with Crippen LogP contribution < -0.4 is 0 Å². The standard InChI is InChI=1S/C11H27NOSi/c1-9(13-8-14)12(10(2,3)4)11(5,6)7/h9H,8H2,1-7,14H3. The Bertz CT molecular complexity index is 155. The predicted molar refractivity (Wildman–Crippen MR) is 66.7 cm³/mol. The van der Waals surface area contributed by atoms with Crippen molar-refractivity contribution >= 4 is 10.2 Å². The highest BCUT2D eigenvalue weighted by atomic mass is 28.1. The van der Waals surface area contributed by atoms with E-state index in [0.717, 1.165) is 16.5 Å². The summed E-state index contributed by atoms with van der Waals surface area (Å²) in [5.41, 5.74) is 0.294. The monoisotopic (exact) mass is 217 g/mol. The van der Waals surface area contributed by atoms with Crippen LogP contribution in [0, 0.1) is 0 Å². The Labute approximate surface area is 92.4 Å². The zero-order chi connectivity index (χ0) is 11.6. The molecule has 0 aromatic carbocycles. The fraction of sp³-hybridized carbons (Fsp3) is 1.00. The molecule has 0 N–H and O–H groups in total. The van der Waals surface area contributed by atoms with E-state index in [2.05, 4.69) is 53.4 Å². The van der Waals surface area contributed by atoms with Gasteiger partial charge in [-0.3, -0.25) is 4.90 Å². The highest BCUT2D eigenvalue weighted by Crippen LogP contribution is 2.27. The molecule has 0 amide bonds. The lowest BCUT2D eigenvalue weighted by Crippen LogP contribution is -2.57. The minimum absolute atomic E-state index is 0.147. The molecular weight excluding hydrogens is 190 g/mol. The maximum Gasteiger partial charge on any atom is 0.108 e. The molecule has 0 aliphatic rings. The van der Waals surface area contributed by atoms with Crippen LogP contribution in [0.15, 0.2) is 0 Å². The van der Waals surface area contributed by atoms with Gasteiger partial charge in [0, 0.05) is 27.6 Å². The molecule has 3 heteroatoms. The van der Waals surface area contributed by atoms with Crippen molar-refractivity contribution in [3.8, 4) is 0 Å². The molecule has 0 rings (SSSR count). The summed E-state index contributed by atoms with van der Waals surface area (Å²) in [4.78, 5) is 2.43. The van der Waals surface area contributed by atoms with Crippen molar-refractivity contribution in [3.63, 3.8) is 0 Å². The van der Waals surface area contributed by atoms with E-state index in [9.17, 15) is 0 Å². The van der Waals surface area contributed by atoms with Crippen molar-refractivity contribution in [2.45, 2.75) is 65.8 Å². The Morgan fingerprint density at radius 2 is 1.43 bits per heavy atom. The van der Waals surface area contributed by atoms with E-state index in [1.165, 1.54) is 0 Å². The van der Waals surface area contributed by atoms with Crippen LogP contribution in [0.3, 0.4) is 0 Å². The van der Waals surface area contributed by atoms with E-state index >= 15 is 0 Å². The number of rotatable bonds is 3. The summed E-state index contributed by atoms with van der Waals surface area (Å²) in [5, 5.41) is 0. The second-order valence-corrected chi connectivity index (χ2v) is 6.34. The van der Waals surface area contributed by atoms with Crippen LogP contribution in [0.25, 0.3) is 0 Å². The first-order chi connectivity index (χ1) is 6.10. The van der Waals surface area contributed by atoms with Crippen LogP contribution in [0.5, 0.6) is 0 Å². The molecule has 0 radical (unpaired) electrons. The highest BCUT2D eigenvalue weighted by molar-refractivity contribution is 6.08. The molecule has 0 aromatic heterocycles. The molecule has 0 aliphatic heterocycles. The van der Waals surface area contributed by atoms with Gasteiger partial charge >= 0.3 is 0 Å². The molecule has 14 heavy (non-hydrogen) atoms. The topological polar surface area (TPSA) is 12.5 Å². The average molecular weight is 217 g/mol. The third-order valence-electron chi connectivity index (χ3n) is 2.22. The lowest BCUT2D eigenvalue weighted by Gasteiger charge is -2.48. The van der Waals surface area contributed by atoms with Crippen LogP contribution in [-0.4, -0.2) is 38.7 Å². The molecule has 0 heterocycles. The number of hydrogen-bond donors (Lipinski definition) is 0. The zero-order valence-electron chi connectivity index (χ0n) is 11.1. The molecule has 0 aromatic rings. The molecule has 0 fully saturated rings. The van der Waals surface area contributed by atoms with Crippen LogP contribution in [0.4, 0.5) is 0 Å². The van der Waals surface area contributed by atoms with E-state index < -0.39 is 0 Å². The van der Waals surface area contributed by atoms with Crippen LogP contribution >= 0.6 is 0 Å². The molecule has 0 saturated carbocycles. The maximum atomic E-state index is 5.74. The molecule has 0 saturated heterocycles. The van der Waals surface area contributed by atoms with Crippen LogP contribution in [-0.2, 0) is 4.74 Å². The molecule has 86 valence electrons. The van der Waals surface area contributed by atoms with Crippen molar-refractivity contribution in [1.29, 1.82) is 0 Å². The van der Waals surface area contributed by atoms with Gasteiger partial charge in [0.05, 0.1) is 0 Å². The first-order valence-corrected chi connectivity index (χ1v) is 6.93. The summed E-state index contributed by atoms with van der Waals surface area (Å²) in [6, 6.07) is 0. The fourth-order valence-electron chi connectivity index (χ4n) is 2.41. The van der Waals surface area contributed by atoms with Crippen molar-refractivity contribution in [2.24, 2.45) is 0 Å². The molecule has 0 spiro atoms. The van der Waals surface area contributed by atoms with Gasteiger partial charge in [0.1, 0.15) is 6.23 Å². The van der Waals surface area contributed by atoms with Gasteiger partial charge < -0.3 is 4.74 Å². The summed E-state index contributed by atoms with van der Waals surface area (Å²) in [7, 11) is 1.11. The first-order valence-electron chi connectivity index (χ1n) is 5.51. The van der Waals surface area contributed by atoms with Gasteiger partial charge in [-0.05, 0) is 48.5 Å². The Balaban J connectivity index is 4.74. The SMILES string of the molecule is CC(OC[SiH3])N(C(C)(C)C)C(C)(C)C. The van der Waals surface area contributed by atoms with Gasteiger partial charge in [-0.25, -0.2) is 0 Å². The van der Waals surface area contributed by atoms with Crippen molar-refractivity contribution in [2.75, 3.05) is 6.23 Å². The minimum Gasteiger partial charge on any atom is -0.368 e. The van der Waals surface area contributed by atoms with Crippen molar-refractivity contribution in [3.05, 3.63) is 0 Å². The number of ether oxygens (including phenoxy) is 1. The first kappa shape index (κ1) is 14.1. The van der Waals surface area contributed by atoms with Crippen LogP contribution in [0.1, 0.15) is 48.5 Å². The van der Waals surface area contributed by atoms with Gasteiger partial charge in [-0.1, -0.05) is 0 Å². The molecule has 0 aliphatic carbocycles. The van der Waals surface area contributed by atoms with Crippen molar-refractivity contribution in [1.82, 2.24) is 4.90 Å². The Morgan fingerprint density at radius 1 is 1.07 bits per heavy atom. The summed E-state index contributed by atoms with van der Waals surface area (Å²) < 4.78 is 5.74. The van der Waals surface area contributed by atoms with Gasteiger partial charge in [0.15, 0.2) is 0 Å². The second-order valence-electron chi connectivity index (χ2n) is 5.77. The summed E-state index contributed by atoms with van der Waals surface area (Å²) in [6.45, 7) is 15.6. The third-order valence-corrected chi connectivity index (χ3v) is 2.55. The molecule has 0 bridgehead atoms. The summed E-state index contributed by atoms with van der Waals surface area (Å²) in [6.07, 6.45) is 1.11. The lowest BCUT2D eigenvalue weighted by molar-refractivity contribution is -0.118. The van der Waals surface area contributed by atoms with E-state index in [1.807, 2.05) is 0 Å². The molecule has 2 nitrogen and oxygen atoms in total. The smallest absolute Gasteiger partial charge is 0.108 e. The molecule has 1 unspecified atom stereocenters. The lowest BCUT2D eigenvalue weighted by atomic mass is 9.96. The van der Waals surface area contributed by atoms with E-state index in [4.69, 9.17) is 4.74 Å². The third kappa shape index (κ3) is 4.11. The quantitative estimate of drug-likeness (QED) is 0.526. The second kappa shape index (κ2) is 4.77. The Hall–Kier alpha value is 0.137. The fourth-order valence-corrected chi connectivity index (χ4v) is 2.90. The van der Waals surface area contributed by atoms with Gasteiger partial charge in [-0.2, -0.15) is 0 Å². The minimum atomic E-state index is 0.147. The largest absolute Gasteiger partial charge is 0.368 e. The molecule has 1 atom stereocenters. The van der Waals surface area contributed by atoms with Crippen molar-refractivity contribution < 1.29 is 4.74 Å². The van der Waals surface area contributed by atoms with E-state index in [1.54, 1.807) is 0 Å². The maximum absolute atomic E-state index is 5.74. The summed E-state index contributed by atoms with van der Waals surface area (Å²) >= 11 is 0. The van der Waals surface area contributed by atoms with Gasteiger partial charge in [-0.15, -0.1) is 0 Å². The Morgan fingerprint density at radius 3 is 1.64 bits per heavy atom. The van der Waals surface area contributed by atoms with Gasteiger partial charge in [0.2, 0.25) is 0 Å². The summed E-state index contributed by atoms with van der Waals surface area (Å²) in [5.74, 6) is 0. The molecular formula is C11H27NOSi. The highest BCUT2D eigenvalue weighted by Gasteiger charge is 2.35. The zero-order valence-corrected chi connectivity index (χ0v) is 13.1. The predicted octanol–water partition coefficient (Wildman–Crippen LogP) is 1.57. The Kier molecular flexibility index (Phi) is 4.82. The van der Waals surface area contributed by atoms with E-state index in [-0.39, 0.29) is 17.3 Å².